The summed E-state index contributed by atoms with van der Waals surface area (Å²) in [6, 6.07) is 15.3. The van der Waals surface area contributed by atoms with E-state index in [1.807, 2.05) is 18.2 Å². The van der Waals surface area contributed by atoms with Crippen LogP contribution in [0.15, 0.2) is 64.5 Å². The van der Waals surface area contributed by atoms with Crippen LogP contribution in [0.5, 0.6) is 0 Å². The first-order valence-electron chi connectivity index (χ1n) is 8.78. The molecule has 1 saturated carbocycles. The van der Waals surface area contributed by atoms with Crippen molar-refractivity contribution in [1.82, 2.24) is 10.3 Å². The lowest BCUT2D eigenvalue weighted by atomic mass is 9.93. The molecule has 0 radical (unpaired) electrons. The number of sulfone groups is 1. The highest BCUT2D eigenvalue weighted by Crippen LogP contribution is 2.29. The topological polar surface area (TPSA) is 62.0 Å². The van der Waals surface area contributed by atoms with Crippen molar-refractivity contribution in [3.05, 3.63) is 60.3 Å². The quantitative estimate of drug-likeness (QED) is 0.710. The highest BCUT2D eigenvalue weighted by molar-refractivity contribution is 7.91. The molecule has 5 heteroatoms. The van der Waals surface area contributed by atoms with Crippen LogP contribution in [0.3, 0.4) is 0 Å². The van der Waals surface area contributed by atoms with E-state index in [1.54, 1.807) is 30.5 Å². The zero-order valence-corrected chi connectivity index (χ0v) is 14.9. The van der Waals surface area contributed by atoms with E-state index in [0.29, 0.717) is 15.8 Å². The van der Waals surface area contributed by atoms with Crippen molar-refractivity contribution in [3.63, 3.8) is 0 Å². The number of benzene rings is 2. The number of aromatic nitrogens is 1. The Kier molecular flexibility index (Phi) is 4.36. The fourth-order valence-corrected chi connectivity index (χ4v) is 4.74. The highest BCUT2D eigenvalue weighted by Gasteiger charge is 2.21. The smallest absolute Gasteiger partial charge is 0.208 e. The van der Waals surface area contributed by atoms with Crippen LogP contribution in [0.4, 0.5) is 0 Å². The lowest BCUT2D eigenvalue weighted by molar-refractivity contribution is 0.342. The van der Waals surface area contributed by atoms with Gasteiger partial charge in [-0.2, -0.15) is 0 Å². The van der Waals surface area contributed by atoms with Crippen LogP contribution in [-0.2, 0) is 16.3 Å². The number of fused-ring (bicyclic) bond motifs is 1. The number of nitrogens with one attached hydrogen (secondary N) is 2. The zero-order chi connectivity index (χ0) is 17.3. The van der Waals surface area contributed by atoms with Gasteiger partial charge in [-0.05, 0) is 49.6 Å². The maximum Gasteiger partial charge on any atom is 0.208 e. The molecule has 0 bridgehead atoms. The van der Waals surface area contributed by atoms with E-state index in [-0.39, 0.29) is 0 Å². The largest absolute Gasteiger partial charge is 0.360 e. The molecular weight excluding hydrogens is 332 g/mol. The third kappa shape index (κ3) is 3.22. The second-order valence-electron chi connectivity index (χ2n) is 6.68. The van der Waals surface area contributed by atoms with E-state index < -0.39 is 9.84 Å². The lowest BCUT2D eigenvalue weighted by Crippen LogP contribution is -2.36. The Hall–Kier alpha value is -2.11. The third-order valence-electron chi connectivity index (χ3n) is 5.00. The second kappa shape index (κ2) is 6.65. The molecule has 3 aromatic rings. The summed E-state index contributed by atoms with van der Waals surface area (Å²) in [5.41, 5.74) is 2.08. The van der Waals surface area contributed by atoms with Crippen LogP contribution in [-0.4, -0.2) is 26.0 Å². The van der Waals surface area contributed by atoms with Gasteiger partial charge in [0.2, 0.25) is 9.84 Å². The van der Waals surface area contributed by atoms with Crippen LogP contribution in [0, 0.1) is 0 Å². The third-order valence-corrected chi connectivity index (χ3v) is 6.81. The summed E-state index contributed by atoms with van der Waals surface area (Å²) in [4.78, 5) is 3.79. The van der Waals surface area contributed by atoms with Gasteiger partial charge in [-0.25, -0.2) is 8.42 Å². The van der Waals surface area contributed by atoms with Gasteiger partial charge < -0.3 is 10.3 Å². The van der Waals surface area contributed by atoms with Gasteiger partial charge >= 0.3 is 0 Å². The predicted molar refractivity (Wildman–Crippen MR) is 99.5 cm³/mol. The van der Waals surface area contributed by atoms with Crippen LogP contribution in [0.2, 0.25) is 0 Å². The van der Waals surface area contributed by atoms with Crippen LogP contribution < -0.4 is 5.32 Å². The Morgan fingerprint density at radius 2 is 1.88 bits per heavy atom. The Morgan fingerprint density at radius 3 is 2.60 bits per heavy atom. The molecule has 2 aromatic carbocycles. The van der Waals surface area contributed by atoms with Gasteiger partial charge in [-0.1, -0.05) is 36.8 Å². The van der Waals surface area contributed by atoms with Crippen molar-refractivity contribution in [1.29, 1.82) is 0 Å². The normalized spacial score (nSPS) is 15.4. The second-order valence-corrected chi connectivity index (χ2v) is 8.60. The fraction of sp³-hybridized carbons (Fsp3) is 0.300. The Balaban J connectivity index is 1.57. The maximum atomic E-state index is 12.9. The predicted octanol–water partition coefficient (Wildman–Crippen LogP) is 3.69. The van der Waals surface area contributed by atoms with Crippen molar-refractivity contribution in [2.24, 2.45) is 0 Å². The summed E-state index contributed by atoms with van der Waals surface area (Å²) in [7, 11) is -3.50. The molecule has 1 aromatic heterocycles. The van der Waals surface area contributed by atoms with E-state index >= 15 is 0 Å². The maximum absolute atomic E-state index is 12.9. The monoisotopic (exact) mass is 354 g/mol. The summed E-state index contributed by atoms with van der Waals surface area (Å²) >= 11 is 0. The van der Waals surface area contributed by atoms with E-state index in [4.69, 9.17) is 0 Å². The number of aromatic amines is 1. The summed E-state index contributed by atoms with van der Waals surface area (Å²) in [6.07, 6.45) is 6.47. The van der Waals surface area contributed by atoms with Crippen molar-refractivity contribution in [3.8, 4) is 0 Å². The molecule has 1 aliphatic rings. The molecule has 4 nitrogen and oxygen atoms in total. The first-order valence-corrected chi connectivity index (χ1v) is 10.3. The first-order chi connectivity index (χ1) is 12.1. The molecule has 0 saturated heterocycles. The number of H-pyrrole nitrogens is 1. The molecule has 0 amide bonds. The zero-order valence-electron chi connectivity index (χ0n) is 14.0. The minimum Gasteiger partial charge on any atom is -0.360 e. The molecule has 1 heterocycles. The van der Waals surface area contributed by atoms with E-state index in [2.05, 4.69) is 16.4 Å². The molecule has 1 aliphatic carbocycles. The number of hydrogen-bond acceptors (Lipinski definition) is 3. The molecule has 0 spiro atoms. The fourth-order valence-electron chi connectivity index (χ4n) is 3.28. The summed E-state index contributed by atoms with van der Waals surface area (Å²) in [5.74, 6) is 0. The Morgan fingerprint density at radius 1 is 1.08 bits per heavy atom. The van der Waals surface area contributed by atoms with Gasteiger partial charge in [0.05, 0.1) is 9.79 Å². The van der Waals surface area contributed by atoms with E-state index in [1.165, 1.54) is 24.8 Å². The van der Waals surface area contributed by atoms with Crippen LogP contribution in [0.1, 0.15) is 24.8 Å². The van der Waals surface area contributed by atoms with Crippen molar-refractivity contribution in [2.75, 3.05) is 6.54 Å². The molecule has 0 unspecified atom stereocenters. The molecule has 0 atom stereocenters. The van der Waals surface area contributed by atoms with Gasteiger partial charge in [0.15, 0.2) is 0 Å². The highest BCUT2D eigenvalue weighted by atomic mass is 32.2. The van der Waals surface area contributed by atoms with Gasteiger partial charge in [0.1, 0.15) is 0 Å². The van der Waals surface area contributed by atoms with Gasteiger partial charge in [0, 0.05) is 23.1 Å². The summed E-state index contributed by atoms with van der Waals surface area (Å²) in [6.45, 7) is 0.964. The molecule has 0 aliphatic heterocycles. The average molecular weight is 354 g/mol. The minimum atomic E-state index is -3.50. The standard InChI is InChI=1S/C20H22N2O2S/c23-25(24,17-7-2-1-3-8-17)20-14-22-19-13-15(9-10-18(19)20)11-12-21-16-5-4-6-16/h1-3,7-10,13-14,16,21-22H,4-6,11-12H2. The molecular formula is C20H22N2O2S. The van der Waals surface area contributed by atoms with Crippen LogP contribution in [0.25, 0.3) is 10.9 Å². The minimum absolute atomic E-state index is 0.324. The molecule has 1 fully saturated rings. The van der Waals surface area contributed by atoms with E-state index in [0.717, 1.165) is 23.9 Å². The van der Waals surface area contributed by atoms with Crippen molar-refractivity contribution < 1.29 is 8.42 Å². The molecule has 25 heavy (non-hydrogen) atoms. The first kappa shape index (κ1) is 16.4. The van der Waals surface area contributed by atoms with Crippen LogP contribution >= 0.6 is 0 Å². The molecule has 4 rings (SSSR count). The van der Waals surface area contributed by atoms with Gasteiger partial charge in [-0.15, -0.1) is 0 Å². The van der Waals surface area contributed by atoms with Crippen molar-refractivity contribution in [2.45, 2.75) is 41.5 Å². The summed E-state index contributed by atoms with van der Waals surface area (Å²) in [5, 5.41) is 4.31. The van der Waals surface area contributed by atoms with E-state index in [9.17, 15) is 8.42 Å². The Labute approximate surface area is 148 Å². The molecule has 2 N–H and O–H groups in total. The summed E-state index contributed by atoms with van der Waals surface area (Å²) < 4.78 is 25.7. The van der Waals surface area contributed by atoms with Gasteiger partial charge in [0.25, 0.3) is 0 Å². The van der Waals surface area contributed by atoms with Crippen molar-refractivity contribution >= 4 is 20.7 Å². The number of hydrogen-bond donors (Lipinski definition) is 2. The van der Waals surface area contributed by atoms with Gasteiger partial charge in [-0.3, -0.25) is 0 Å². The SMILES string of the molecule is O=S(=O)(c1ccccc1)c1c[nH]c2cc(CCNC3CCC3)ccc12. The average Bonchev–Trinajstić information content (AvgIpc) is 3.02. The lowest BCUT2D eigenvalue weighted by Gasteiger charge is -2.26. The number of rotatable bonds is 6. The Bertz CT molecular complexity index is 973. The molecule has 130 valence electrons.